The first kappa shape index (κ1) is 21.7. The van der Waals surface area contributed by atoms with Crippen molar-refractivity contribution in [1.82, 2.24) is 15.1 Å². The number of aromatic nitrogens is 2. The van der Waals surface area contributed by atoms with Gasteiger partial charge in [0, 0.05) is 24.5 Å². The molecule has 0 spiro atoms. The van der Waals surface area contributed by atoms with Crippen molar-refractivity contribution in [2.45, 2.75) is 25.3 Å². The molecule has 0 aliphatic rings. The molecule has 1 heterocycles. The van der Waals surface area contributed by atoms with E-state index >= 15 is 0 Å². The second kappa shape index (κ2) is 8.82. The number of anilines is 1. The molecule has 1 amide bonds. The van der Waals surface area contributed by atoms with Gasteiger partial charge in [0.25, 0.3) is 0 Å². The summed E-state index contributed by atoms with van der Waals surface area (Å²) < 4.78 is 6.49. The van der Waals surface area contributed by atoms with Gasteiger partial charge in [-0.3, -0.25) is 14.3 Å². The molecule has 26 heavy (non-hydrogen) atoms. The number of hydrogen-bond donors (Lipinski definition) is 2. The zero-order valence-corrected chi connectivity index (χ0v) is 16.4. The molecule has 1 unspecified atom stereocenters. The number of methoxy groups -OCH3 is 1. The molecule has 0 aliphatic carbocycles. The molecule has 1 aromatic heterocycles. The Morgan fingerprint density at radius 2 is 1.85 bits per heavy atom. The fourth-order valence-corrected chi connectivity index (χ4v) is 2.60. The number of nitrogens with one attached hydrogen (secondary N) is 2. The number of hydrogen-bond acceptors (Lipinski definition) is 5. The first-order valence-electron chi connectivity index (χ1n) is 7.95. The molecular formula is C18H25ClN4O3. The standard InChI is InChI=1S/C18H24N4O3.ClH/c1-18(2,17(24)25-5)13-6-8-14(9-7-13)21-16(23)15(19-3)12-10-20-22(4)11-12;/h6-11,15,19H,1-5H3,(H,21,23);1H. The van der Waals surface area contributed by atoms with E-state index < -0.39 is 11.5 Å². The van der Waals surface area contributed by atoms with Crippen LogP contribution in [0.5, 0.6) is 0 Å². The first-order valence-corrected chi connectivity index (χ1v) is 7.95. The van der Waals surface area contributed by atoms with E-state index in [2.05, 4.69) is 15.7 Å². The van der Waals surface area contributed by atoms with Crippen molar-refractivity contribution in [3.05, 3.63) is 47.8 Å². The molecule has 8 heteroatoms. The van der Waals surface area contributed by atoms with E-state index in [9.17, 15) is 9.59 Å². The number of benzene rings is 1. The number of halogens is 1. The van der Waals surface area contributed by atoms with Crippen molar-refractivity contribution in [3.63, 3.8) is 0 Å². The van der Waals surface area contributed by atoms with Gasteiger partial charge in [-0.15, -0.1) is 12.4 Å². The second-order valence-corrected chi connectivity index (χ2v) is 6.35. The molecule has 1 atom stereocenters. The summed E-state index contributed by atoms with van der Waals surface area (Å²) in [5, 5.41) is 9.94. The predicted octanol–water partition coefficient (Wildman–Crippen LogP) is 2.19. The van der Waals surface area contributed by atoms with Gasteiger partial charge in [0.1, 0.15) is 6.04 Å². The smallest absolute Gasteiger partial charge is 0.315 e. The van der Waals surface area contributed by atoms with Crippen molar-refractivity contribution < 1.29 is 14.3 Å². The molecule has 2 rings (SSSR count). The third-order valence-electron chi connectivity index (χ3n) is 4.18. The molecule has 0 bridgehead atoms. The summed E-state index contributed by atoms with van der Waals surface area (Å²) >= 11 is 0. The zero-order valence-electron chi connectivity index (χ0n) is 15.6. The summed E-state index contributed by atoms with van der Waals surface area (Å²) in [6, 6.07) is 6.66. The number of carbonyl (C=O) groups is 2. The van der Waals surface area contributed by atoms with Gasteiger partial charge in [-0.1, -0.05) is 12.1 Å². The van der Waals surface area contributed by atoms with E-state index in [0.717, 1.165) is 11.1 Å². The molecule has 0 radical (unpaired) electrons. The van der Waals surface area contributed by atoms with Crippen molar-refractivity contribution in [2.75, 3.05) is 19.5 Å². The Morgan fingerprint density at radius 1 is 1.23 bits per heavy atom. The molecule has 2 aromatic rings. The molecule has 142 valence electrons. The van der Waals surface area contributed by atoms with E-state index in [0.29, 0.717) is 5.69 Å². The summed E-state index contributed by atoms with van der Waals surface area (Å²) in [6.07, 6.45) is 3.45. The fraction of sp³-hybridized carbons (Fsp3) is 0.389. The Labute approximate surface area is 159 Å². The summed E-state index contributed by atoms with van der Waals surface area (Å²) in [4.78, 5) is 24.4. The average Bonchev–Trinajstić information content (AvgIpc) is 3.01. The van der Waals surface area contributed by atoms with Crippen LogP contribution in [0.1, 0.15) is 31.0 Å². The van der Waals surface area contributed by atoms with Crippen LogP contribution in [0.15, 0.2) is 36.7 Å². The average molecular weight is 381 g/mol. The maximum atomic E-state index is 12.5. The third kappa shape index (κ3) is 4.62. The van der Waals surface area contributed by atoms with Gasteiger partial charge < -0.3 is 15.4 Å². The number of likely N-dealkylation sites (N-methyl/N-ethyl adjacent to an activating group) is 1. The Morgan fingerprint density at radius 3 is 2.31 bits per heavy atom. The van der Waals surface area contributed by atoms with Crippen LogP contribution in [0, 0.1) is 0 Å². The van der Waals surface area contributed by atoms with E-state index in [1.165, 1.54) is 7.11 Å². The fourth-order valence-electron chi connectivity index (χ4n) is 2.60. The van der Waals surface area contributed by atoms with E-state index in [4.69, 9.17) is 4.74 Å². The Kier molecular flexibility index (Phi) is 7.35. The number of esters is 1. The van der Waals surface area contributed by atoms with Gasteiger partial charge in [0.05, 0.1) is 18.7 Å². The van der Waals surface area contributed by atoms with Gasteiger partial charge in [0.2, 0.25) is 5.91 Å². The number of ether oxygens (including phenoxy) is 1. The minimum atomic E-state index is -0.749. The quantitative estimate of drug-likeness (QED) is 0.750. The molecule has 0 aliphatic heterocycles. The normalized spacial score (nSPS) is 12.0. The first-order chi connectivity index (χ1) is 11.8. The Bertz CT molecular complexity index is 756. The minimum absolute atomic E-state index is 0. The molecule has 0 fully saturated rings. The van der Waals surface area contributed by atoms with Crippen molar-refractivity contribution >= 4 is 30.0 Å². The van der Waals surface area contributed by atoms with E-state index in [-0.39, 0.29) is 24.3 Å². The number of aryl methyl sites for hydroxylation is 1. The number of carbonyl (C=O) groups excluding carboxylic acids is 2. The molecule has 0 saturated heterocycles. The van der Waals surface area contributed by atoms with Crippen molar-refractivity contribution in [1.29, 1.82) is 0 Å². The predicted molar refractivity (Wildman–Crippen MR) is 102 cm³/mol. The topological polar surface area (TPSA) is 85.2 Å². The van der Waals surface area contributed by atoms with Crippen LogP contribution in [0.2, 0.25) is 0 Å². The van der Waals surface area contributed by atoms with E-state index in [1.54, 1.807) is 57.2 Å². The SMILES string of the molecule is CNC(C(=O)Nc1ccc(C(C)(C)C(=O)OC)cc1)c1cnn(C)c1.Cl. The summed E-state index contributed by atoms with van der Waals surface area (Å²) in [7, 11) is 4.89. The highest BCUT2D eigenvalue weighted by Gasteiger charge is 2.30. The largest absolute Gasteiger partial charge is 0.468 e. The lowest BCUT2D eigenvalue weighted by Gasteiger charge is -2.22. The minimum Gasteiger partial charge on any atom is -0.468 e. The number of nitrogens with zero attached hydrogens (tertiary/aromatic N) is 2. The lowest BCUT2D eigenvalue weighted by molar-refractivity contribution is -0.146. The molecular weight excluding hydrogens is 356 g/mol. The number of rotatable bonds is 6. The maximum Gasteiger partial charge on any atom is 0.315 e. The summed E-state index contributed by atoms with van der Waals surface area (Å²) in [6.45, 7) is 3.59. The molecule has 1 aromatic carbocycles. The van der Waals surface area contributed by atoms with Crippen LogP contribution in [0.4, 0.5) is 5.69 Å². The van der Waals surface area contributed by atoms with Crippen LogP contribution in [-0.4, -0.2) is 35.8 Å². The number of amides is 1. The van der Waals surface area contributed by atoms with E-state index in [1.807, 2.05) is 12.1 Å². The highest BCUT2D eigenvalue weighted by Crippen LogP contribution is 2.26. The van der Waals surface area contributed by atoms with Gasteiger partial charge in [-0.2, -0.15) is 5.10 Å². The van der Waals surface area contributed by atoms with Crippen LogP contribution < -0.4 is 10.6 Å². The van der Waals surface area contributed by atoms with Gasteiger partial charge >= 0.3 is 5.97 Å². The lowest BCUT2D eigenvalue weighted by Crippen LogP contribution is -2.31. The van der Waals surface area contributed by atoms with Crippen LogP contribution in [0.25, 0.3) is 0 Å². The van der Waals surface area contributed by atoms with Crippen LogP contribution in [0.3, 0.4) is 0 Å². The van der Waals surface area contributed by atoms with Gasteiger partial charge in [-0.05, 0) is 38.6 Å². The monoisotopic (exact) mass is 380 g/mol. The molecule has 0 saturated carbocycles. The zero-order chi connectivity index (χ0) is 18.6. The summed E-state index contributed by atoms with van der Waals surface area (Å²) in [5.41, 5.74) is 1.50. The van der Waals surface area contributed by atoms with Gasteiger partial charge in [-0.25, -0.2) is 0 Å². The van der Waals surface area contributed by atoms with Gasteiger partial charge in [0.15, 0.2) is 0 Å². The van der Waals surface area contributed by atoms with Crippen molar-refractivity contribution in [2.24, 2.45) is 7.05 Å². The maximum absolute atomic E-state index is 12.5. The second-order valence-electron chi connectivity index (χ2n) is 6.35. The van der Waals surface area contributed by atoms with Crippen molar-refractivity contribution in [3.8, 4) is 0 Å². The van der Waals surface area contributed by atoms with Crippen LogP contribution >= 0.6 is 12.4 Å². The molecule has 2 N–H and O–H groups in total. The summed E-state index contributed by atoms with van der Waals surface area (Å²) in [5.74, 6) is -0.494. The lowest BCUT2D eigenvalue weighted by atomic mass is 9.85. The third-order valence-corrected chi connectivity index (χ3v) is 4.18. The Hall–Kier alpha value is -2.38. The Balaban J connectivity index is 0.00000338. The highest BCUT2D eigenvalue weighted by molar-refractivity contribution is 5.95. The highest BCUT2D eigenvalue weighted by atomic mass is 35.5. The molecule has 7 nitrogen and oxygen atoms in total. The van der Waals surface area contributed by atoms with Crippen LogP contribution in [-0.2, 0) is 26.8 Å².